The number of halogens is 3. The predicted octanol–water partition coefficient (Wildman–Crippen LogP) is 2.29. The van der Waals surface area contributed by atoms with Gasteiger partial charge in [0.15, 0.2) is 6.61 Å². The number of nitrogens with zero attached hydrogens (tertiary/aromatic N) is 1. The van der Waals surface area contributed by atoms with E-state index in [2.05, 4.69) is 5.32 Å². The Hall–Kier alpha value is -1.23. The third-order valence-electron chi connectivity index (χ3n) is 2.42. The summed E-state index contributed by atoms with van der Waals surface area (Å²) in [5.74, 6) is 0.338. The van der Waals surface area contributed by atoms with Gasteiger partial charge in [-0.2, -0.15) is 13.2 Å². The molecule has 1 heterocycles. The van der Waals surface area contributed by atoms with Gasteiger partial charge in [-0.3, -0.25) is 0 Å². The van der Waals surface area contributed by atoms with Gasteiger partial charge in [0.05, 0.1) is 0 Å². The maximum atomic E-state index is 12.0. The Labute approximate surface area is 91.4 Å². The van der Waals surface area contributed by atoms with Crippen molar-refractivity contribution in [2.24, 2.45) is 0 Å². The van der Waals surface area contributed by atoms with Crippen LogP contribution in [0.1, 0.15) is 11.1 Å². The minimum absolute atomic E-state index is 0.338. The Balaban J connectivity index is 2.15. The van der Waals surface area contributed by atoms with Crippen LogP contribution in [0.2, 0.25) is 0 Å². The van der Waals surface area contributed by atoms with Crippen molar-refractivity contribution < 1.29 is 17.9 Å². The summed E-state index contributed by atoms with van der Waals surface area (Å²) in [6, 6.07) is 5.15. The van der Waals surface area contributed by atoms with Gasteiger partial charge in [-0.05, 0) is 23.6 Å². The molecule has 0 fully saturated rings. The van der Waals surface area contributed by atoms with E-state index in [1.54, 1.807) is 12.1 Å². The molecule has 0 amide bonds. The summed E-state index contributed by atoms with van der Waals surface area (Å²) >= 11 is 0. The van der Waals surface area contributed by atoms with Crippen LogP contribution in [0.25, 0.3) is 0 Å². The molecule has 1 aliphatic heterocycles. The van der Waals surface area contributed by atoms with E-state index >= 15 is 0 Å². The Kier molecular flexibility index (Phi) is 3.05. The van der Waals surface area contributed by atoms with Crippen molar-refractivity contribution in [3.8, 4) is 5.75 Å². The summed E-state index contributed by atoms with van der Waals surface area (Å²) in [4.78, 5) is 0. The summed E-state index contributed by atoms with van der Waals surface area (Å²) < 4.78 is 40.9. The molecular weight excluding hydrogens is 219 g/mol. The zero-order valence-corrected chi connectivity index (χ0v) is 8.55. The molecule has 0 atom stereocenters. The van der Waals surface area contributed by atoms with Gasteiger partial charge in [-0.25, -0.2) is 5.32 Å². The van der Waals surface area contributed by atoms with E-state index < -0.39 is 12.8 Å². The molecule has 0 saturated carbocycles. The Morgan fingerprint density at radius 3 is 2.88 bits per heavy atom. The fraction of sp³-hybridized carbons (Fsp3) is 0.455. The van der Waals surface area contributed by atoms with Crippen molar-refractivity contribution in [1.82, 2.24) is 5.32 Å². The molecule has 5 heteroatoms. The third-order valence-corrected chi connectivity index (χ3v) is 2.42. The lowest BCUT2D eigenvalue weighted by atomic mass is 10.0. The van der Waals surface area contributed by atoms with Crippen molar-refractivity contribution >= 4 is 0 Å². The Bertz CT molecular complexity index is 376. The van der Waals surface area contributed by atoms with Crippen LogP contribution in [0, 0.1) is 0 Å². The number of benzene rings is 1. The summed E-state index contributed by atoms with van der Waals surface area (Å²) in [6.07, 6.45) is -3.63. The predicted molar refractivity (Wildman–Crippen MR) is 52.4 cm³/mol. The second kappa shape index (κ2) is 4.33. The van der Waals surface area contributed by atoms with Crippen LogP contribution in [0.4, 0.5) is 13.2 Å². The van der Waals surface area contributed by atoms with E-state index in [-0.39, 0.29) is 0 Å². The van der Waals surface area contributed by atoms with Gasteiger partial charge in [0, 0.05) is 13.1 Å². The molecule has 0 spiro atoms. The van der Waals surface area contributed by atoms with E-state index in [1.807, 2.05) is 6.07 Å². The van der Waals surface area contributed by atoms with Gasteiger partial charge in [-0.1, -0.05) is 12.1 Å². The van der Waals surface area contributed by atoms with Crippen LogP contribution in [0.3, 0.4) is 0 Å². The van der Waals surface area contributed by atoms with Gasteiger partial charge in [0.2, 0.25) is 0 Å². The molecule has 16 heavy (non-hydrogen) atoms. The lowest BCUT2D eigenvalue weighted by Crippen LogP contribution is -2.22. The van der Waals surface area contributed by atoms with Crippen molar-refractivity contribution in [2.45, 2.75) is 19.1 Å². The van der Waals surface area contributed by atoms with E-state index in [0.29, 0.717) is 25.3 Å². The van der Waals surface area contributed by atoms with E-state index in [9.17, 15) is 13.2 Å². The fourth-order valence-corrected chi connectivity index (χ4v) is 1.73. The minimum atomic E-state index is -4.29. The second-order valence-electron chi connectivity index (χ2n) is 3.65. The van der Waals surface area contributed by atoms with Crippen molar-refractivity contribution in [2.75, 3.05) is 13.2 Å². The normalized spacial score (nSPS) is 15.7. The summed E-state index contributed by atoms with van der Waals surface area (Å²) in [5.41, 5.74) is 1.83. The first-order valence-corrected chi connectivity index (χ1v) is 5.00. The van der Waals surface area contributed by atoms with E-state index in [4.69, 9.17) is 4.74 Å². The van der Waals surface area contributed by atoms with Gasteiger partial charge in [0.25, 0.3) is 0 Å². The maximum Gasteiger partial charge on any atom is 0.422 e. The van der Waals surface area contributed by atoms with Crippen LogP contribution in [-0.2, 0) is 13.0 Å². The number of ether oxygens (including phenoxy) is 1. The minimum Gasteiger partial charge on any atom is -0.484 e. The van der Waals surface area contributed by atoms with E-state index in [0.717, 1.165) is 11.1 Å². The van der Waals surface area contributed by atoms with Crippen molar-refractivity contribution in [1.29, 1.82) is 0 Å². The van der Waals surface area contributed by atoms with Crippen LogP contribution >= 0.6 is 0 Å². The largest absolute Gasteiger partial charge is 0.484 e. The SMILES string of the molecule is FC(F)(F)COc1cccc2c1CC[N]C2. The first kappa shape index (κ1) is 11.3. The molecule has 2 rings (SSSR count). The van der Waals surface area contributed by atoms with Crippen LogP contribution in [0.5, 0.6) is 5.75 Å². The topological polar surface area (TPSA) is 23.3 Å². The molecule has 0 aromatic heterocycles. The first-order chi connectivity index (χ1) is 7.56. The standard InChI is InChI=1S/C11H11F3NO/c12-11(13,14)7-16-10-3-1-2-8-6-15-5-4-9(8)10/h1-3H,4-7H2. The molecule has 0 bridgehead atoms. The average Bonchev–Trinajstić information content (AvgIpc) is 2.25. The van der Waals surface area contributed by atoms with Crippen LogP contribution in [0.15, 0.2) is 18.2 Å². The van der Waals surface area contributed by atoms with Crippen molar-refractivity contribution in [3.05, 3.63) is 29.3 Å². The zero-order valence-electron chi connectivity index (χ0n) is 8.55. The number of fused-ring (bicyclic) bond motifs is 1. The first-order valence-electron chi connectivity index (χ1n) is 5.00. The molecule has 87 valence electrons. The summed E-state index contributed by atoms with van der Waals surface area (Å²) in [5, 5.41) is 4.19. The molecule has 1 radical (unpaired) electrons. The monoisotopic (exact) mass is 230 g/mol. The van der Waals surface area contributed by atoms with Crippen LogP contribution < -0.4 is 10.1 Å². The fourth-order valence-electron chi connectivity index (χ4n) is 1.73. The molecule has 0 unspecified atom stereocenters. The molecule has 1 aromatic carbocycles. The molecule has 0 saturated heterocycles. The van der Waals surface area contributed by atoms with Gasteiger partial charge < -0.3 is 4.74 Å². The van der Waals surface area contributed by atoms with Gasteiger partial charge in [-0.15, -0.1) is 0 Å². The molecule has 2 nitrogen and oxygen atoms in total. The lowest BCUT2D eigenvalue weighted by Gasteiger charge is -2.19. The number of rotatable bonds is 2. The molecule has 0 aliphatic carbocycles. The smallest absolute Gasteiger partial charge is 0.422 e. The number of alkyl halides is 3. The van der Waals surface area contributed by atoms with Crippen LogP contribution in [-0.4, -0.2) is 19.3 Å². The quantitative estimate of drug-likeness (QED) is 0.764. The summed E-state index contributed by atoms with van der Waals surface area (Å²) in [7, 11) is 0. The number of hydrogen-bond acceptors (Lipinski definition) is 1. The number of hydrogen-bond donors (Lipinski definition) is 0. The summed E-state index contributed by atoms with van der Waals surface area (Å²) in [6.45, 7) is -0.0153. The van der Waals surface area contributed by atoms with E-state index in [1.165, 1.54) is 0 Å². The van der Waals surface area contributed by atoms with Crippen molar-refractivity contribution in [3.63, 3.8) is 0 Å². The third kappa shape index (κ3) is 2.66. The highest BCUT2D eigenvalue weighted by Crippen LogP contribution is 2.27. The van der Waals surface area contributed by atoms with Gasteiger partial charge >= 0.3 is 6.18 Å². The average molecular weight is 230 g/mol. The molecule has 1 aliphatic rings. The lowest BCUT2D eigenvalue weighted by molar-refractivity contribution is -0.153. The maximum absolute atomic E-state index is 12.0. The second-order valence-corrected chi connectivity index (χ2v) is 3.65. The Morgan fingerprint density at radius 2 is 2.12 bits per heavy atom. The molecule has 1 aromatic rings. The highest BCUT2D eigenvalue weighted by atomic mass is 19.4. The molecule has 0 N–H and O–H groups in total. The highest BCUT2D eigenvalue weighted by molar-refractivity contribution is 5.41. The zero-order chi connectivity index (χ0) is 11.6. The van der Waals surface area contributed by atoms with Gasteiger partial charge in [0.1, 0.15) is 5.75 Å². The molecular formula is C11H11F3NO. The highest BCUT2D eigenvalue weighted by Gasteiger charge is 2.29. The Morgan fingerprint density at radius 1 is 1.31 bits per heavy atom.